The van der Waals surface area contributed by atoms with E-state index in [1.54, 1.807) is 19.1 Å². The van der Waals surface area contributed by atoms with E-state index in [2.05, 4.69) is 4.98 Å². The van der Waals surface area contributed by atoms with Crippen molar-refractivity contribution in [3.8, 4) is 17.4 Å². The molecule has 0 spiro atoms. The number of esters is 1. The molecule has 1 aromatic carbocycles. The molecule has 1 aliphatic rings. The number of fused-ring (bicyclic) bond motifs is 2. The van der Waals surface area contributed by atoms with Crippen LogP contribution in [0.25, 0.3) is 10.9 Å². The second kappa shape index (κ2) is 4.31. The Morgan fingerprint density at radius 1 is 1.37 bits per heavy atom. The molecule has 0 atom stereocenters. The number of hydrogen-bond acceptors (Lipinski definition) is 6. The van der Waals surface area contributed by atoms with Crippen LogP contribution in [0, 0.1) is 0 Å². The largest absolute Gasteiger partial charge is 0.493 e. The van der Waals surface area contributed by atoms with Crippen LogP contribution in [-0.4, -0.2) is 29.5 Å². The van der Waals surface area contributed by atoms with Gasteiger partial charge in [-0.2, -0.15) is 0 Å². The highest BCUT2D eigenvalue weighted by molar-refractivity contribution is 5.97. The van der Waals surface area contributed by atoms with Crippen molar-refractivity contribution in [2.45, 2.75) is 6.92 Å². The van der Waals surface area contributed by atoms with Crippen LogP contribution < -0.4 is 9.47 Å². The zero-order valence-corrected chi connectivity index (χ0v) is 10.2. The number of aromatic hydroxyl groups is 1. The van der Waals surface area contributed by atoms with E-state index in [9.17, 15) is 9.90 Å². The minimum absolute atomic E-state index is 0.0354. The van der Waals surface area contributed by atoms with Crippen LogP contribution in [0.1, 0.15) is 17.3 Å². The average molecular weight is 261 g/mol. The minimum atomic E-state index is -0.605. The lowest BCUT2D eigenvalue weighted by Crippen LogP contribution is -2.05. The maximum atomic E-state index is 11.7. The standard InChI is InChI=1S/C13H11NO5/c1-2-17-13(16)8-3-7-4-10-11(19-6-18-10)5-9(7)14-12(8)15/h3-5H,2,6H2,1H3,(H,14,15). The second-order valence-corrected chi connectivity index (χ2v) is 3.98. The van der Waals surface area contributed by atoms with Crippen LogP contribution in [-0.2, 0) is 4.74 Å². The Morgan fingerprint density at radius 3 is 2.84 bits per heavy atom. The van der Waals surface area contributed by atoms with E-state index >= 15 is 0 Å². The fraction of sp³-hybridized carbons (Fsp3) is 0.231. The Morgan fingerprint density at radius 2 is 2.11 bits per heavy atom. The maximum Gasteiger partial charge on any atom is 0.343 e. The summed E-state index contributed by atoms with van der Waals surface area (Å²) in [5.41, 5.74) is 0.558. The van der Waals surface area contributed by atoms with Gasteiger partial charge in [0.2, 0.25) is 12.7 Å². The summed E-state index contributed by atoms with van der Waals surface area (Å²) < 4.78 is 15.3. The Hall–Kier alpha value is -2.50. The third kappa shape index (κ3) is 1.91. The van der Waals surface area contributed by atoms with Crippen molar-refractivity contribution in [1.29, 1.82) is 0 Å². The predicted molar refractivity (Wildman–Crippen MR) is 65.5 cm³/mol. The Balaban J connectivity index is 2.14. The van der Waals surface area contributed by atoms with Crippen LogP contribution in [0.2, 0.25) is 0 Å². The molecule has 6 heteroatoms. The molecule has 0 saturated carbocycles. The van der Waals surface area contributed by atoms with E-state index in [1.165, 1.54) is 6.07 Å². The first-order valence-electron chi connectivity index (χ1n) is 5.79. The molecule has 1 aromatic heterocycles. The summed E-state index contributed by atoms with van der Waals surface area (Å²) in [5, 5.41) is 10.4. The highest BCUT2D eigenvalue weighted by atomic mass is 16.7. The summed E-state index contributed by atoms with van der Waals surface area (Å²) in [5.74, 6) is 0.204. The third-order valence-corrected chi connectivity index (χ3v) is 2.78. The first kappa shape index (κ1) is 11.6. The molecule has 1 aliphatic heterocycles. The van der Waals surface area contributed by atoms with Gasteiger partial charge in [0, 0.05) is 11.5 Å². The second-order valence-electron chi connectivity index (χ2n) is 3.98. The summed E-state index contributed by atoms with van der Waals surface area (Å²) in [6, 6.07) is 4.90. The summed E-state index contributed by atoms with van der Waals surface area (Å²) in [7, 11) is 0. The molecule has 2 heterocycles. The van der Waals surface area contributed by atoms with Crippen molar-refractivity contribution < 1.29 is 24.1 Å². The van der Waals surface area contributed by atoms with E-state index in [1.807, 2.05) is 0 Å². The van der Waals surface area contributed by atoms with Gasteiger partial charge in [-0.05, 0) is 19.1 Å². The van der Waals surface area contributed by atoms with Gasteiger partial charge >= 0.3 is 5.97 Å². The lowest BCUT2D eigenvalue weighted by Gasteiger charge is -2.06. The minimum Gasteiger partial charge on any atom is -0.493 e. The summed E-state index contributed by atoms with van der Waals surface area (Å²) in [6.45, 7) is 2.08. The number of nitrogens with zero attached hydrogens (tertiary/aromatic N) is 1. The lowest BCUT2D eigenvalue weighted by atomic mass is 10.1. The molecule has 2 aromatic rings. The fourth-order valence-electron chi connectivity index (χ4n) is 1.91. The van der Waals surface area contributed by atoms with Crippen molar-refractivity contribution in [2.24, 2.45) is 0 Å². The lowest BCUT2D eigenvalue weighted by molar-refractivity contribution is 0.0522. The molecular formula is C13H11NO5. The number of ether oxygens (including phenoxy) is 3. The van der Waals surface area contributed by atoms with Gasteiger partial charge < -0.3 is 19.3 Å². The topological polar surface area (TPSA) is 77.9 Å². The number of carbonyl (C=O) groups excluding carboxylic acids is 1. The van der Waals surface area contributed by atoms with Gasteiger partial charge in [0.1, 0.15) is 5.56 Å². The first-order chi connectivity index (χ1) is 9.19. The van der Waals surface area contributed by atoms with Crippen molar-refractivity contribution in [1.82, 2.24) is 4.98 Å². The molecule has 19 heavy (non-hydrogen) atoms. The molecule has 0 bridgehead atoms. The van der Waals surface area contributed by atoms with Gasteiger partial charge in [0.25, 0.3) is 0 Å². The summed E-state index contributed by atoms with van der Waals surface area (Å²) in [6.07, 6.45) is 0. The molecule has 0 radical (unpaired) electrons. The fourth-order valence-corrected chi connectivity index (χ4v) is 1.91. The molecule has 0 saturated heterocycles. The van der Waals surface area contributed by atoms with E-state index in [-0.39, 0.29) is 24.8 Å². The molecule has 3 rings (SSSR count). The van der Waals surface area contributed by atoms with E-state index in [4.69, 9.17) is 14.2 Å². The van der Waals surface area contributed by atoms with Gasteiger partial charge in [-0.15, -0.1) is 0 Å². The van der Waals surface area contributed by atoms with Gasteiger partial charge in [-0.1, -0.05) is 0 Å². The van der Waals surface area contributed by atoms with Crippen molar-refractivity contribution in [2.75, 3.05) is 13.4 Å². The van der Waals surface area contributed by atoms with Crippen molar-refractivity contribution in [3.05, 3.63) is 23.8 Å². The van der Waals surface area contributed by atoms with Gasteiger partial charge in [0.05, 0.1) is 12.1 Å². The molecule has 6 nitrogen and oxygen atoms in total. The number of hydrogen-bond donors (Lipinski definition) is 1. The Labute approximate surface area is 108 Å². The van der Waals surface area contributed by atoms with Crippen LogP contribution in [0.5, 0.6) is 17.4 Å². The quantitative estimate of drug-likeness (QED) is 0.831. The monoisotopic (exact) mass is 261 g/mol. The number of aromatic nitrogens is 1. The van der Waals surface area contributed by atoms with Gasteiger partial charge in [0.15, 0.2) is 11.5 Å². The summed E-state index contributed by atoms with van der Waals surface area (Å²) in [4.78, 5) is 15.6. The zero-order valence-electron chi connectivity index (χ0n) is 10.2. The van der Waals surface area contributed by atoms with Crippen molar-refractivity contribution in [3.63, 3.8) is 0 Å². The van der Waals surface area contributed by atoms with E-state index in [0.717, 1.165) is 0 Å². The average Bonchev–Trinajstić information content (AvgIpc) is 2.82. The van der Waals surface area contributed by atoms with E-state index in [0.29, 0.717) is 22.4 Å². The molecule has 98 valence electrons. The van der Waals surface area contributed by atoms with Crippen LogP contribution in [0.15, 0.2) is 18.2 Å². The molecule has 0 aliphatic carbocycles. The molecule has 0 amide bonds. The number of rotatable bonds is 2. The molecule has 0 unspecified atom stereocenters. The third-order valence-electron chi connectivity index (χ3n) is 2.78. The summed E-state index contributed by atoms with van der Waals surface area (Å²) >= 11 is 0. The molecule has 0 fully saturated rings. The number of carbonyl (C=O) groups is 1. The normalized spacial score (nSPS) is 12.7. The predicted octanol–water partition coefficient (Wildman–Crippen LogP) is 1.85. The number of benzene rings is 1. The van der Waals surface area contributed by atoms with Gasteiger partial charge in [-0.25, -0.2) is 9.78 Å². The Kier molecular flexibility index (Phi) is 2.63. The Bertz CT molecular complexity index is 668. The first-order valence-corrected chi connectivity index (χ1v) is 5.79. The maximum absolute atomic E-state index is 11.7. The SMILES string of the molecule is CCOC(=O)c1cc2cc3c(cc2nc1O)OCO3. The number of pyridine rings is 1. The van der Waals surface area contributed by atoms with Gasteiger partial charge in [-0.3, -0.25) is 0 Å². The van der Waals surface area contributed by atoms with Crippen LogP contribution in [0.4, 0.5) is 0 Å². The van der Waals surface area contributed by atoms with Crippen LogP contribution >= 0.6 is 0 Å². The molecule has 1 N–H and O–H groups in total. The van der Waals surface area contributed by atoms with Crippen molar-refractivity contribution >= 4 is 16.9 Å². The smallest absolute Gasteiger partial charge is 0.343 e. The highest BCUT2D eigenvalue weighted by Crippen LogP contribution is 2.36. The van der Waals surface area contributed by atoms with Crippen LogP contribution in [0.3, 0.4) is 0 Å². The molecular weight excluding hydrogens is 250 g/mol. The van der Waals surface area contributed by atoms with E-state index < -0.39 is 5.97 Å². The highest BCUT2D eigenvalue weighted by Gasteiger charge is 2.19. The zero-order chi connectivity index (χ0) is 13.4.